The summed E-state index contributed by atoms with van der Waals surface area (Å²) in [5.41, 5.74) is 0.677. The van der Waals surface area contributed by atoms with E-state index in [4.69, 9.17) is 9.47 Å². The highest BCUT2D eigenvalue weighted by molar-refractivity contribution is 5.71. The van der Waals surface area contributed by atoms with Crippen molar-refractivity contribution in [3.8, 4) is 5.75 Å². The SMILES string of the molecule is CC(C)NCc1cc(F)ccc1OCC(=O)OC(C)C. The van der Waals surface area contributed by atoms with E-state index in [-0.39, 0.29) is 24.6 Å². The maximum absolute atomic E-state index is 13.3. The van der Waals surface area contributed by atoms with E-state index in [9.17, 15) is 9.18 Å². The van der Waals surface area contributed by atoms with Crippen LogP contribution >= 0.6 is 0 Å². The van der Waals surface area contributed by atoms with Crippen molar-refractivity contribution in [3.63, 3.8) is 0 Å². The molecule has 0 atom stereocenters. The van der Waals surface area contributed by atoms with Gasteiger partial charge in [0.2, 0.25) is 0 Å². The fraction of sp³-hybridized carbons (Fsp3) is 0.533. The van der Waals surface area contributed by atoms with Crippen LogP contribution in [0.2, 0.25) is 0 Å². The predicted octanol–water partition coefficient (Wildman–Crippen LogP) is 2.65. The summed E-state index contributed by atoms with van der Waals surface area (Å²) in [6.45, 7) is 7.84. The average Bonchev–Trinajstić information content (AvgIpc) is 2.34. The fourth-order valence-corrected chi connectivity index (χ4v) is 1.57. The highest BCUT2D eigenvalue weighted by atomic mass is 19.1. The number of carbonyl (C=O) groups is 1. The molecule has 1 aromatic rings. The van der Waals surface area contributed by atoms with Crippen LogP contribution < -0.4 is 10.1 Å². The van der Waals surface area contributed by atoms with E-state index in [1.54, 1.807) is 13.8 Å². The van der Waals surface area contributed by atoms with Crippen LogP contribution in [0.5, 0.6) is 5.75 Å². The van der Waals surface area contributed by atoms with E-state index in [1.807, 2.05) is 13.8 Å². The lowest BCUT2D eigenvalue weighted by molar-refractivity contribution is -0.149. The van der Waals surface area contributed by atoms with Crippen LogP contribution in [0.25, 0.3) is 0 Å². The predicted molar refractivity (Wildman–Crippen MR) is 75.1 cm³/mol. The zero-order valence-corrected chi connectivity index (χ0v) is 12.4. The molecule has 1 rings (SSSR count). The van der Waals surface area contributed by atoms with Crippen LogP contribution in [0.1, 0.15) is 33.3 Å². The molecule has 1 N–H and O–H groups in total. The van der Waals surface area contributed by atoms with Crippen LogP contribution in [0, 0.1) is 5.82 Å². The van der Waals surface area contributed by atoms with Gasteiger partial charge < -0.3 is 14.8 Å². The molecular formula is C15H22FNO3. The summed E-state index contributed by atoms with van der Waals surface area (Å²) in [6, 6.07) is 4.51. The van der Waals surface area contributed by atoms with Gasteiger partial charge >= 0.3 is 5.97 Å². The summed E-state index contributed by atoms with van der Waals surface area (Å²) in [5, 5.41) is 3.19. The van der Waals surface area contributed by atoms with Gasteiger partial charge in [0, 0.05) is 18.2 Å². The zero-order valence-electron chi connectivity index (χ0n) is 12.4. The smallest absolute Gasteiger partial charge is 0.344 e. The van der Waals surface area contributed by atoms with Crippen molar-refractivity contribution < 1.29 is 18.7 Å². The molecule has 0 aliphatic rings. The van der Waals surface area contributed by atoms with Gasteiger partial charge in [-0.25, -0.2) is 9.18 Å². The van der Waals surface area contributed by atoms with Crippen molar-refractivity contribution in [1.82, 2.24) is 5.32 Å². The normalized spacial score (nSPS) is 10.9. The molecule has 0 spiro atoms. The molecule has 0 radical (unpaired) electrons. The van der Waals surface area contributed by atoms with Gasteiger partial charge in [-0.3, -0.25) is 0 Å². The van der Waals surface area contributed by atoms with Gasteiger partial charge in [-0.15, -0.1) is 0 Å². The van der Waals surface area contributed by atoms with Gasteiger partial charge in [0.1, 0.15) is 11.6 Å². The molecule has 0 aromatic heterocycles. The molecule has 112 valence electrons. The molecular weight excluding hydrogens is 261 g/mol. The molecule has 0 unspecified atom stereocenters. The quantitative estimate of drug-likeness (QED) is 0.782. The zero-order chi connectivity index (χ0) is 15.1. The largest absolute Gasteiger partial charge is 0.482 e. The molecule has 1 aromatic carbocycles. The summed E-state index contributed by atoms with van der Waals surface area (Å²) in [7, 11) is 0. The minimum Gasteiger partial charge on any atom is -0.482 e. The van der Waals surface area contributed by atoms with Crippen molar-refractivity contribution in [2.45, 2.75) is 46.4 Å². The Bertz CT molecular complexity index is 447. The van der Waals surface area contributed by atoms with E-state index < -0.39 is 5.97 Å². The summed E-state index contributed by atoms with van der Waals surface area (Å²) < 4.78 is 23.7. The Morgan fingerprint density at radius 2 is 2.00 bits per heavy atom. The lowest BCUT2D eigenvalue weighted by atomic mass is 10.2. The Kier molecular flexibility index (Phi) is 6.45. The summed E-state index contributed by atoms with van der Waals surface area (Å²) >= 11 is 0. The molecule has 0 bridgehead atoms. The Morgan fingerprint density at radius 3 is 2.60 bits per heavy atom. The first-order valence-corrected chi connectivity index (χ1v) is 6.72. The Labute approximate surface area is 119 Å². The van der Waals surface area contributed by atoms with E-state index >= 15 is 0 Å². The van der Waals surface area contributed by atoms with Crippen molar-refractivity contribution in [2.24, 2.45) is 0 Å². The number of nitrogens with one attached hydrogen (secondary N) is 1. The number of ether oxygens (including phenoxy) is 2. The lowest BCUT2D eigenvalue weighted by Gasteiger charge is -2.14. The van der Waals surface area contributed by atoms with E-state index in [0.29, 0.717) is 17.9 Å². The Morgan fingerprint density at radius 1 is 1.30 bits per heavy atom. The van der Waals surface area contributed by atoms with E-state index in [2.05, 4.69) is 5.32 Å². The van der Waals surface area contributed by atoms with Crippen LogP contribution in [0.4, 0.5) is 4.39 Å². The third-order valence-corrected chi connectivity index (χ3v) is 2.44. The molecule has 0 saturated carbocycles. The van der Waals surface area contributed by atoms with Gasteiger partial charge in [-0.1, -0.05) is 13.8 Å². The average molecular weight is 283 g/mol. The van der Waals surface area contributed by atoms with Crippen LogP contribution in [-0.2, 0) is 16.1 Å². The number of hydrogen-bond donors (Lipinski definition) is 1. The molecule has 4 nitrogen and oxygen atoms in total. The first-order chi connectivity index (χ1) is 9.38. The second-order valence-corrected chi connectivity index (χ2v) is 5.11. The monoisotopic (exact) mass is 283 g/mol. The molecule has 0 saturated heterocycles. The third kappa shape index (κ3) is 6.02. The maximum Gasteiger partial charge on any atom is 0.344 e. The van der Waals surface area contributed by atoms with Gasteiger partial charge in [-0.05, 0) is 32.0 Å². The highest BCUT2D eigenvalue weighted by Crippen LogP contribution is 2.20. The molecule has 0 heterocycles. The van der Waals surface area contributed by atoms with E-state index in [1.165, 1.54) is 18.2 Å². The van der Waals surface area contributed by atoms with Crippen molar-refractivity contribution in [2.75, 3.05) is 6.61 Å². The van der Waals surface area contributed by atoms with Gasteiger partial charge in [0.25, 0.3) is 0 Å². The third-order valence-electron chi connectivity index (χ3n) is 2.44. The van der Waals surface area contributed by atoms with Gasteiger partial charge in [0.05, 0.1) is 6.10 Å². The number of benzene rings is 1. The Balaban J connectivity index is 2.66. The maximum atomic E-state index is 13.3. The van der Waals surface area contributed by atoms with Crippen molar-refractivity contribution in [1.29, 1.82) is 0 Å². The topological polar surface area (TPSA) is 47.6 Å². The number of halogens is 1. The molecule has 0 amide bonds. The summed E-state index contributed by atoms with van der Waals surface area (Å²) in [6.07, 6.45) is -0.179. The lowest BCUT2D eigenvalue weighted by Crippen LogP contribution is -2.23. The van der Waals surface area contributed by atoms with Crippen LogP contribution in [0.15, 0.2) is 18.2 Å². The first kappa shape index (κ1) is 16.4. The van der Waals surface area contributed by atoms with Crippen molar-refractivity contribution >= 4 is 5.97 Å². The number of hydrogen-bond acceptors (Lipinski definition) is 4. The Hall–Kier alpha value is -1.62. The summed E-state index contributed by atoms with van der Waals surface area (Å²) in [4.78, 5) is 11.4. The molecule has 20 heavy (non-hydrogen) atoms. The second kappa shape index (κ2) is 7.85. The molecule has 0 fully saturated rings. The number of carbonyl (C=O) groups excluding carboxylic acids is 1. The molecule has 0 aliphatic heterocycles. The summed E-state index contributed by atoms with van der Waals surface area (Å²) in [5.74, 6) is -0.282. The van der Waals surface area contributed by atoms with Crippen LogP contribution in [-0.4, -0.2) is 24.7 Å². The number of esters is 1. The van der Waals surface area contributed by atoms with Gasteiger partial charge in [-0.2, -0.15) is 0 Å². The minimum atomic E-state index is -0.438. The van der Waals surface area contributed by atoms with Crippen LogP contribution in [0.3, 0.4) is 0 Å². The van der Waals surface area contributed by atoms with E-state index in [0.717, 1.165) is 0 Å². The minimum absolute atomic E-state index is 0.179. The molecule has 5 heteroatoms. The highest BCUT2D eigenvalue weighted by Gasteiger charge is 2.10. The first-order valence-electron chi connectivity index (χ1n) is 6.72. The van der Waals surface area contributed by atoms with Gasteiger partial charge in [0.15, 0.2) is 6.61 Å². The fourth-order valence-electron chi connectivity index (χ4n) is 1.57. The standard InChI is InChI=1S/C15H22FNO3/c1-10(2)17-8-12-7-13(16)5-6-14(12)19-9-15(18)20-11(3)4/h5-7,10-11,17H,8-9H2,1-4H3. The molecule has 0 aliphatic carbocycles. The van der Waals surface area contributed by atoms with Crippen molar-refractivity contribution in [3.05, 3.63) is 29.6 Å². The number of rotatable bonds is 7. The second-order valence-electron chi connectivity index (χ2n) is 5.11.